The van der Waals surface area contributed by atoms with Crippen LogP contribution in [0.25, 0.3) is 5.69 Å². The summed E-state index contributed by atoms with van der Waals surface area (Å²) in [6, 6.07) is 7.87. The average Bonchev–Trinajstić information content (AvgIpc) is 2.80. The molecule has 7 heteroatoms. The lowest BCUT2D eigenvalue weighted by Gasteiger charge is -2.34. The summed E-state index contributed by atoms with van der Waals surface area (Å²) in [4.78, 5) is 14.6. The van der Waals surface area contributed by atoms with E-state index in [-0.39, 0.29) is 11.8 Å². The van der Waals surface area contributed by atoms with Gasteiger partial charge in [-0.25, -0.2) is 13.9 Å². The van der Waals surface area contributed by atoms with Gasteiger partial charge < -0.3 is 9.64 Å². The number of anilines is 1. The van der Waals surface area contributed by atoms with Gasteiger partial charge in [0.1, 0.15) is 5.82 Å². The highest BCUT2D eigenvalue weighted by atomic mass is 19.1. The number of amides is 2. The van der Waals surface area contributed by atoms with Crippen LogP contribution in [0.2, 0.25) is 0 Å². The summed E-state index contributed by atoms with van der Waals surface area (Å²) in [6.07, 6.45) is 3.76. The van der Waals surface area contributed by atoms with E-state index in [0.29, 0.717) is 36.5 Å². The zero-order valence-corrected chi connectivity index (χ0v) is 15.5. The van der Waals surface area contributed by atoms with Gasteiger partial charge in [-0.05, 0) is 31.0 Å². The van der Waals surface area contributed by atoms with Gasteiger partial charge in [-0.1, -0.05) is 25.3 Å². The van der Waals surface area contributed by atoms with Crippen molar-refractivity contribution in [3.63, 3.8) is 0 Å². The summed E-state index contributed by atoms with van der Waals surface area (Å²) in [5, 5.41) is 7.31. The maximum absolute atomic E-state index is 13.5. The van der Waals surface area contributed by atoms with E-state index in [1.165, 1.54) is 31.4 Å². The van der Waals surface area contributed by atoms with E-state index in [2.05, 4.69) is 10.4 Å². The van der Waals surface area contributed by atoms with Crippen molar-refractivity contribution in [3.05, 3.63) is 41.8 Å². The summed E-state index contributed by atoms with van der Waals surface area (Å²) in [5.41, 5.74) is 1.45. The third kappa shape index (κ3) is 3.98. The summed E-state index contributed by atoms with van der Waals surface area (Å²) in [7, 11) is 0. The minimum Gasteiger partial charge on any atom is -0.379 e. The number of ether oxygens (including phenoxy) is 1. The van der Waals surface area contributed by atoms with Crippen LogP contribution in [0.4, 0.5) is 15.0 Å². The fraction of sp³-hybridized carbons (Fsp3) is 0.500. The van der Waals surface area contributed by atoms with Crippen molar-refractivity contribution >= 4 is 11.8 Å². The Balaban J connectivity index is 1.45. The molecule has 4 rings (SSSR count). The molecule has 144 valence electrons. The van der Waals surface area contributed by atoms with Gasteiger partial charge in [-0.2, -0.15) is 0 Å². The predicted octanol–water partition coefficient (Wildman–Crippen LogP) is 3.60. The van der Waals surface area contributed by atoms with Crippen LogP contribution in [0.5, 0.6) is 0 Å². The average molecular weight is 372 g/mol. The summed E-state index contributed by atoms with van der Waals surface area (Å²) in [5.74, 6) is 1.23. The molecule has 27 heavy (non-hydrogen) atoms. The number of hydrogen-bond donors (Lipinski definition) is 1. The van der Waals surface area contributed by atoms with Crippen molar-refractivity contribution in [3.8, 4) is 5.69 Å². The minimum absolute atomic E-state index is 0.159. The van der Waals surface area contributed by atoms with Gasteiger partial charge in [-0.3, -0.25) is 5.32 Å². The van der Waals surface area contributed by atoms with Crippen LogP contribution < -0.4 is 5.32 Å². The van der Waals surface area contributed by atoms with Crippen molar-refractivity contribution in [2.45, 2.75) is 26.2 Å². The van der Waals surface area contributed by atoms with Crippen molar-refractivity contribution in [1.29, 1.82) is 0 Å². The van der Waals surface area contributed by atoms with E-state index >= 15 is 0 Å². The smallest absolute Gasteiger partial charge is 0.323 e. The molecule has 2 amide bonds. The Kier molecular flexibility index (Phi) is 5.11. The molecule has 1 aliphatic carbocycles. The van der Waals surface area contributed by atoms with Crippen LogP contribution in [0.15, 0.2) is 30.3 Å². The number of nitrogens with zero attached hydrogens (tertiary/aromatic N) is 3. The minimum atomic E-state index is -0.320. The number of aromatic nitrogens is 2. The maximum atomic E-state index is 13.5. The van der Waals surface area contributed by atoms with Crippen molar-refractivity contribution in [2.24, 2.45) is 11.8 Å². The highest BCUT2D eigenvalue weighted by molar-refractivity contribution is 5.88. The first-order valence-electron chi connectivity index (χ1n) is 9.56. The van der Waals surface area contributed by atoms with Gasteiger partial charge in [0.2, 0.25) is 0 Å². The molecule has 1 aromatic carbocycles. The van der Waals surface area contributed by atoms with Crippen LogP contribution in [0, 0.1) is 24.6 Å². The molecule has 1 saturated heterocycles. The second-order valence-electron chi connectivity index (χ2n) is 7.46. The number of nitrogens with one attached hydrogen (secondary N) is 1. The van der Waals surface area contributed by atoms with Gasteiger partial charge in [0, 0.05) is 30.8 Å². The van der Waals surface area contributed by atoms with Gasteiger partial charge in [-0.15, -0.1) is 5.10 Å². The SMILES string of the molecule is Cc1cc(NC(=O)N2CCOCC(C3CCC3)C2)nn1-c1cccc(F)c1. The lowest BCUT2D eigenvalue weighted by Crippen LogP contribution is -2.41. The summed E-state index contributed by atoms with van der Waals surface area (Å²) < 4.78 is 20.8. The molecule has 2 aromatic rings. The molecule has 2 aliphatic rings. The van der Waals surface area contributed by atoms with Crippen LogP contribution in [-0.2, 0) is 4.74 Å². The first-order chi connectivity index (χ1) is 13.1. The molecule has 2 heterocycles. The molecular formula is C20H25FN4O2. The van der Waals surface area contributed by atoms with E-state index in [9.17, 15) is 9.18 Å². The van der Waals surface area contributed by atoms with Crippen LogP contribution in [0.1, 0.15) is 25.0 Å². The normalized spacial score (nSPS) is 20.8. The number of aryl methyl sites for hydroxylation is 1. The van der Waals surface area contributed by atoms with Crippen molar-refractivity contribution in [2.75, 3.05) is 31.6 Å². The van der Waals surface area contributed by atoms with Gasteiger partial charge >= 0.3 is 6.03 Å². The zero-order valence-electron chi connectivity index (χ0n) is 15.5. The highest BCUT2D eigenvalue weighted by Crippen LogP contribution is 2.34. The largest absolute Gasteiger partial charge is 0.379 e. The lowest BCUT2D eigenvalue weighted by atomic mass is 9.76. The highest BCUT2D eigenvalue weighted by Gasteiger charge is 2.32. The summed E-state index contributed by atoms with van der Waals surface area (Å²) >= 11 is 0. The van der Waals surface area contributed by atoms with Crippen LogP contribution >= 0.6 is 0 Å². The Morgan fingerprint density at radius 2 is 2.15 bits per heavy atom. The standard InChI is InChI=1S/C20H25FN4O2/c1-14-10-19(23-25(14)18-7-3-6-17(21)11-18)22-20(26)24-8-9-27-13-16(12-24)15-4-2-5-15/h3,6-7,10-11,15-16H,2,4-5,8-9,12-13H2,1H3,(H,22,23,26). The molecule has 2 fully saturated rings. The molecule has 1 atom stereocenters. The first kappa shape index (κ1) is 18.0. The first-order valence-corrected chi connectivity index (χ1v) is 9.56. The number of benzene rings is 1. The monoisotopic (exact) mass is 372 g/mol. The number of hydrogen-bond acceptors (Lipinski definition) is 3. The molecule has 0 radical (unpaired) electrons. The van der Waals surface area contributed by atoms with Crippen molar-refractivity contribution < 1.29 is 13.9 Å². The van der Waals surface area contributed by atoms with Gasteiger partial charge in [0.15, 0.2) is 5.82 Å². The Hall–Kier alpha value is -2.41. The zero-order chi connectivity index (χ0) is 18.8. The Morgan fingerprint density at radius 3 is 2.89 bits per heavy atom. The molecule has 1 aromatic heterocycles. The van der Waals surface area contributed by atoms with E-state index in [0.717, 1.165) is 18.8 Å². The number of rotatable bonds is 3. The molecule has 0 spiro atoms. The van der Waals surface area contributed by atoms with E-state index < -0.39 is 0 Å². The van der Waals surface area contributed by atoms with Crippen LogP contribution in [0.3, 0.4) is 0 Å². The number of carbonyl (C=O) groups is 1. The molecule has 1 N–H and O–H groups in total. The second-order valence-corrected chi connectivity index (χ2v) is 7.46. The molecule has 1 saturated carbocycles. The predicted molar refractivity (Wildman–Crippen MR) is 101 cm³/mol. The Bertz CT molecular complexity index is 818. The Labute approximate surface area is 158 Å². The third-order valence-corrected chi connectivity index (χ3v) is 5.57. The molecular weight excluding hydrogens is 347 g/mol. The fourth-order valence-corrected chi connectivity index (χ4v) is 3.81. The third-order valence-electron chi connectivity index (χ3n) is 5.57. The van der Waals surface area contributed by atoms with Crippen LogP contribution in [-0.4, -0.2) is 47.0 Å². The van der Waals surface area contributed by atoms with Gasteiger partial charge in [0.05, 0.1) is 18.9 Å². The molecule has 1 unspecified atom stereocenters. The van der Waals surface area contributed by atoms with E-state index in [4.69, 9.17) is 4.74 Å². The maximum Gasteiger partial charge on any atom is 0.323 e. The quantitative estimate of drug-likeness (QED) is 0.896. The number of urea groups is 1. The van der Waals surface area contributed by atoms with E-state index in [1.54, 1.807) is 22.9 Å². The topological polar surface area (TPSA) is 59.4 Å². The molecule has 1 aliphatic heterocycles. The van der Waals surface area contributed by atoms with Gasteiger partial charge in [0.25, 0.3) is 0 Å². The molecule has 6 nitrogen and oxygen atoms in total. The number of carbonyl (C=O) groups excluding carboxylic acids is 1. The molecule has 0 bridgehead atoms. The second kappa shape index (κ2) is 7.68. The van der Waals surface area contributed by atoms with Crippen molar-refractivity contribution in [1.82, 2.24) is 14.7 Å². The lowest BCUT2D eigenvalue weighted by molar-refractivity contribution is 0.0776. The fourth-order valence-electron chi connectivity index (χ4n) is 3.81. The summed E-state index contributed by atoms with van der Waals surface area (Å²) in [6.45, 7) is 4.48. The Morgan fingerprint density at radius 1 is 1.30 bits per heavy atom. The van der Waals surface area contributed by atoms with E-state index in [1.807, 2.05) is 11.8 Å². The number of halogens is 1.